The van der Waals surface area contributed by atoms with Gasteiger partial charge in [-0.2, -0.15) is 13.2 Å². The molecule has 0 spiro atoms. The van der Waals surface area contributed by atoms with Crippen molar-refractivity contribution < 1.29 is 27.4 Å². The molecule has 0 unspecified atom stereocenters. The van der Waals surface area contributed by atoms with E-state index in [0.717, 1.165) is 23.9 Å². The highest BCUT2D eigenvalue weighted by molar-refractivity contribution is 8.18. The fourth-order valence-electron chi connectivity index (χ4n) is 2.43. The summed E-state index contributed by atoms with van der Waals surface area (Å²) in [6, 6.07) is 9.73. The van der Waals surface area contributed by atoms with E-state index >= 15 is 0 Å². The average Bonchev–Trinajstić information content (AvgIpc) is 3.00. The number of hydrogen-bond acceptors (Lipinski definition) is 5. The lowest BCUT2D eigenvalue weighted by molar-refractivity contribution is -0.137. The predicted octanol–water partition coefficient (Wildman–Crippen LogP) is 4.61. The summed E-state index contributed by atoms with van der Waals surface area (Å²) in [6.45, 7) is 0. The molecule has 0 atom stereocenters. The lowest BCUT2D eigenvalue weighted by Gasteiger charge is -2.07. The van der Waals surface area contributed by atoms with Gasteiger partial charge in [0.15, 0.2) is 5.17 Å². The number of amidine groups is 1. The zero-order valence-corrected chi connectivity index (χ0v) is 15.6. The van der Waals surface area contributed by atoms with Crippen LogP contribution in [0, 0.1) is 0 Å². The van der Waals surface area contributed by atoms with Gasteiger partial charge in [-0.3, -0.25) is 4.79 Å². The first-order chi connectivity index (χ1) is 13.3. The van der Waals surface area contributed by atoms with E-state index in [0.29, 0.717) is 22.0 Å². The minimum absolute atomic E-state index is 0.0981. The molecule has 1 amide bonds. The third kappa shape index (κ3) is 4.48. The Morgan fingerprint density at radius 1 is 1.11 bits per heavy atom. The highest BCUT2D eigenvalue weighted by Gasteiger charge is 2.30. The van der Waals surface area contributed by atoms with Gasteiger partial charge in [0.1, 0.15) is 11.5 Å². The van der Waals surface area contributed by atoms with Gasteiger partial charge in [0, 0.05) is 11.6 Å². The van der Waals surface area contributed by atoms with Gasteiger partial charge in [-0.05, 0) is 48.2 Å². The van der Waals surface area contributed by atoms with Crippen molar-refractivity contribution in [3.8, 4) is 11.5 Å². The summed E-state index contributed by atoms with van der Waals surface area (Å²) in [6.07, 6.45) is -2.84. The van der Waals surface area contributed by atoms with E-state index in [9.17, 15) is 18.0 Å². The quantitative estimate of drug-likeness (QED) is 0.751. The third-order valence-corrected chi connectivity index (χ3v) is 4.69. The zero-order valence-electron chi connectivity index (χ0n) is 14.8. The zero-order chi connectivity index (χ0) is 20.3. The van der Waals surface area contributed by atoms with E-state index in [1.807, 2.05) is 0 Å². The number of amides is 1. The van der Waals surface area contributed by atoms with Crippen molar-refractivity contribution in [1.29, 1.82) is 0 Å². The molecule has 0 aliphatic carbocycles. The van der Waals surface area contributed by atoms with Crippen LogP contribution in [0.2, 0.25) is 0 Å². The molecule has 0 aromatic heterocycles. The van der Waals surface area contributed by atoms with Crippen molar-refractivity contribution in [3.05, 3.63) is 58.5 Å². The van der Waals surface area contributed by atoms with Crippen LogP contribution in [0.25, 0.3) is 6.08 Å². The van der Waals surface area contributed by atoms with Gasteiger partial charge in [0.25, 0.3) is 5.91 Å². The first kappa shape index (κ1) is 19.8. The van der Waals surface area contributed by atoms with E-state index in [2.05, 4.69) is 10.3 Å². The highest BCUT2D eigenvalue weighted by atomic mass is 32.2. The monoisotopic (exact) mass is 408 g/mol. The summed E-state index contributed by atoms with van der Waals surface area (Å²) >= 11 is 1.03. The SMILES string of the molecule is COc1ccc(C=C2SC(=Nc3cccc(C(F)(F)F)c3)NC2=O)c(OC)c1. The summed E-state index contributed by atoms with van der Waals surface area (Å²) in [7, 11) is 3.03. The number of thioether (sulfide) groups is 1. The normalized spacial score (nSPS) is 17.1. The predicted molar refractivity (Wildman–Crippen MR) is 102 cm³/mol. The topological polar surface area (TPSA) is 59.9 Å². The number of carbonyl (C=O) groups excluding carboxylic acids is 1. The number of methoxy groups -OCH3 is 2. The molecule has 3 rings (SSSR count). The molecule has 146 valence electrons. The Bertz CT molecular complexity index is 971. The molecule has 1 aliphatic rings. The Labute approximate surface area is 163 Å². The van der Waals surface area contributed by atoms with Crippen LogP contribution in [0.1, 0.15) is 11.1 Å². The largest absolute Gasteiger partial charge is 0.497 e. The number of alkyl halides is 3. The number of rotatable bonds is 4. The van der Waals surface area contributed by atoms with Gasteiger partial charge in [-0.25, -0.2) is 4.99 Å². The van der Waals surface area contributed by atoms with Crippen LogP contribution in [-0.2, 0) is 11.0 Å². The average molecular weight is 408 g/mol. The molecule has 2 aromatic carbocycles. The molecule has 0 radical (unpaired) electrons. The number of benzene rings is 2. The van der Waals surface area contributed by atoms with E-state index in [1.165, 1.54) is 26.4 Å². The second-order valence-corrected chi connectivity index (χ2v) is 6.67. The molecule has 1 saturated heterocycles. The standard InChI is InChI=1S/C19H15F3N2O3S/c1-26-14-7-6-11(15(10-14)27-2)8-16-17(25)24-18(28-16)23-13-5-3-4-12(9-13)19(20,21)22/h3-10H,1-2H3,(H,23,24,25). The molecule has 0 saturated carbocycles. The number of carbonyl (C=O) groups is 1. The fraction of sp³-hybridized carbons (Fsp3) is 0.158. The minimum atomic E-state index is -4.46. The van der Waals surface area contributed by atoms with Crippen molar-refractivity contribution in [2.45, 2.75) is 6.18 Å². The van der Waals surface area contributed by atoms with Crippen LogP contribution in [0.4, 0.5) is 18.9 Å². The Hall–Kier alpha value is -2.94. The summed E-state index contributed by atoms with van der Waals surface area (Å²) in [5.74, 6) is 0.728. The first-order valence-corrected chi connectivity index (χ1v) is 8.80. The lowest BCUT2D eigenvalue weighted by Crippen LogP contribution is -2.19. The van der Waals surface area contributed by atoms with Crippen LogP contribution < -0.4 is 14.8 Å². The van der Waals surface area contributed by atoms with Crippen molar-refractivity contribution in [1.82, 2.24) is 5.32 Å². The summed E-state index contributed by atoms with van der Waals surface area (Å²) < 4.78 is 48.9. The van der Waals surface area contributed by atoms with Crippen molar-refractivity contribution in [3.63, 3.8) is 0 Å². The number of hydrogen-bond donors (Lipinski definition) is 1. The molecule has 5 nitrogen and oxygen atoms in total. The fourth-order valence-corrected chi connectivity index (χ4v) is 3.26. The van der Waals surface area contributed by atoms with Crippen LogP contribution in [0.3, 0.4) is 0 Å². The molecule has 0 bridgehead atoms. The molecular weight excluding hydrogens is 393 g/mol. The van der Waals surface area contributed by atoms with E-state index in [-0.39, 0.29) is 10.9 Å². The molecular formula is C19H15F3N2O3S. The Morgan fingerprint density at radius 2 is 1.89 bits per heavy atom. The third-order valence-electron chi connectivity index (χ3n) is 3.78. The van der Waals surface area contributed by atoms with Crippen LogP contribution in [0.5, 0.6) is 11.5 Å². The van der Waals surface area contributed by atoms with Crippen LogP contribution in [-0.4, -0.2) is 25.3 Å². The van der Waals surface area contributed by atoms with Gasteiger partial charge in [0.2, 0.25) is 0 Å². The number of halogens is 3. The van der Waals surface area contributed by atoms with Gasteiger partial charge < -0.3 is 14.8 Å². The Kier molecular flexibility index (Phi) is 5.64. The van der Waals surface area contributed by atoms with Gasteiger partial charge in [-0.1, -0.05) is 6.07 Å². The van der Waals surface area contributed by atoms with E-state index in [1.54, 1.807) is 24.3 Å². The van der Waals surface area contributed by atoms with Gasteiger partial charge in [-0.15, -0.1) is 0 Å². The first-order valence-electron chi connectivity index (χ1n) is 7.99. The summed E-state index contributed by atoms with van der Waals surface area (Å²) in [4.78, 5) is 16.6. The van der Waals surface area contributed by atoms with Crippen molar-refractivity contribution in [2.24, 2.45) is 4.99 Å². The molecule has 2 aromatic rings. The number of nitrogens with one attached hydrogen (secondary N) is 1. The minimum Gasteiger partial charge on any atom is -0.497 e. The number of nitrogens with zero attached hydrogens (tertiary/aromatic N) is 1. The smallest absolute Gasteiger partial charge is 0.416 e. The Morgan fingerprint density at radius 3 is 2.57 bits per heavy atom. The molecule has 9 heteroatoms. The van der Waals surface area contributed by atoms with Gasteiger partial charge in [0.05, 0.1) is 30.4 Å². The van der Waals surface area contributed by atoms with E-state index < -0.39 is 17.6 Å². The molecule has 1 heterocycles. The lowest BCUT2D eigenvalue weighted by atomic mass is 10.1. The number of ether oxygens (including phenoxy) is 2. The van der Waals surface area contributed by atoms with Crippen LogP contribution >= 0.6 is 11.8 Å². The number of aliphatic imine (C=N–C) groups is 1. The summed E-state index contributed by atoms with van der Waals surface area (Å²) in [5.41, 5.74) is -0.0513. The molecule has 1 N–H and O–H groups in total. The second kappa shape index (κ2) is 7.97. The Balaban J connectivity index is 1.86. The van der Waals surface area contributed by atoms with Crippen LogP contribution in [0.15, 0.2) is 52.4 Å². The maximum atomic E-state index is 12.8. The second-order valence-electron chi connectivity index (χ2n) is 5.64. The van der Waals surface area contributed by atoms with Gasteiger partial charge >= 0.3 is 6.18 Å². The van der Waals surface area contributed by atoms with E-state index in [4.69, 9.17) is 9.47 Å². The maximum absolute atomic E-state index is 12.8. The molecule has 1 aliphatic heterocycles. The molecule has 28 heavy (non-hydrogen) atoms. The molecule has 1 fully saturated rings. The maximum Gasteiger partial charge on any atom is 0.416 e. The van der Waals surface area contributed by atoms with Crippen molar-refractivity contribution in [2.75, 3.05) is 14.2 Å². The summed E-state index contributed by atoms with van der Waals surface area (Å²) in [5, 5.41) is 2.75. The van der Waals surface area contributed by atoms with Crippen molar-refractivity contribution >= 4 is 34.6 Å². The highest BCUT2D eigenvalue weighted by Crippen LogP contribution is 2.34.